The summed E-state index contributed by atoms with van der Waals surface area (Å²) in [5.41, 5.74) is 1.82. The quantitative estimate of drug-likeness (QED) is 0.734. The molecule has 6 heteroatoms. The van der Waals surface area contributed by atoms with Crippen molar-refractivity contribution in [1.29, 1.82) is 0 Å². The molecule has 0 unspecified atom stereocenters. The van der Waals surface area contributed by atoms with Crippen LogP contribution in [0.2, 0.25) is 0 Å². The molecule has 2 N–H and O–H groups in total. The largest absolute Gasteiger partial charge is 0.394 e. The van der Waals surface area contributed by atoms with Crippen molar-refractivity contribution in [3.05, 3.63) is 71.8 Å². The van der Waals surface area contributed by atoms with Crippen LogP contribution in [0.3, 0.4) is 0 Å². The second kappa shape index (κ2) is 9.94. The van der Waals surface area contributed by atoms with Crippen molar-refractivity contribution in [1.82, 2.24) is 0 Å². The Hall–Kier alpha value is -1.80. The SMILES string of the molecule is [2H][C@]1(O)[C@H](OCc2ccccc2)[C@@H](OCc2ccccc2)[C@@H](OC)O[C@@H]1CO. The van der Waals surface area contributed by atoms with Crippen molar-refractivity contribution in [2.75, 3.05) is 13.7 Å². The van der Waals surface area contributed by atoms with E-state index in [1.54, 1.807) is 0 Å². The molecule has 1 aliphatic rings. The predicted octanol–water partition coefficient (Wildman–Crippen LogP) is 1.88. The average Bonchev–Trinajstić information content (AvgIpc) is 2.72. The van der Waals surface area contributed by atoms with Gasteiger partial charge in [-0.1, -0.05) is 60.7 Å². The van der Waals surface area contributed by atoms with E-state index in [1.165, 1.54) is 7.11 Å². The second-order valence-corrected chi connectivity index (χ2v) is 6.31. The van der Waals surface area contributed by atoms with Crippen molar-refractivity contribution in [3.63, 3.8) is 0 Å². The van der Waals surface area contributed by atoms with Gasteiger partial charge in [-0.15, -0.1) is 0 Å². The van der Waals surface area contributed by atoms with Gasteiger partial charge in [0.15, 0.2) is 6.29 Å². The summed E-state index contributed by atoms with van der Waals surface area (Å²) in [6, 6.07) is 19.0. The molecule has 0 aliphatic carbocycles. The van der Waals surface area contributed by atoms with Gasteiger partial charge in [-0.25, -0.2) is 0 Å². The van der Waals surface area contributed by atoms with Crippen LogP contribution in [0.25, 0.3) is 0 Å². The highest BCUT2D eigenvalue weighted by Gasteiger charge is 2.46. The van der Waals surface area contributed by atoms with E-state index in [0.29, 0.717) is 0 Å². The molecule has 2 aromatic carbocycles. The predicted molar refractivity (Wildman–Crippen MR) is 98.8 cm³/mol. The van der Waals surface area contributed by atoms with Crippen molar-refractivity contribution in [3.8, 4) is 0 Å². The molecule has 5 atom stereocenters. The van der Waals surface area contributed by atoms with Crippen LogP contribution in [0.15, 0.2) is 60.7 Å². The molecular formula is C21H26O6. The van der Waals surface area contributed by atoms with Crippen LogP contribution in [0.1, 0.15) is 12.5 Å². The number of rotatable bonds is 8. The highest BCUT2D eigenvalue weighted by atomic mass is 16.7. The van der Waals surface area contributed by atoms with Crippen LogP contribution < -0.4 is 0 Å². The Morgan fingerprint density at radius 3 is 1.93 bits per heavy atom. The number of ether oxygens (including phenoxy) is 4. The minimum Gasteiger partial charge on any atom is -0.394 e. The normalized spacial score (nSPS) is 31.4. The molecule has 1 saturated heterocycles. The van der Waals surface area contributed by atoms with Gasteiger partial charge in [0.25, 0.3) is 0 Å². The van der Waals surface area contributed by atoms with E-state index in [1.807, 2.05) is 60.7 Å². The Morgan fingerprint density at radius 1 is 0.926 bits per heavy atom. The fraction of sp³-hybridized carbons (Fsp3) is 0.429. The van der Waals surface area contributed by atoms with E-state index in [4.69, 9.17) is 20.3 Å². The number of hydrogen-bond acceptors (Lipinski definition) is 6. The Balaban J connectivity index is 1.80. The smallest absolute Gasteiger partial charge is 0.186 e. The minimum atomic E-state index is -2.21. The van der Waals surface area contributed by atoms with E-state index in [2.05, 4.69) is 0 Å². The van der Waals surface area contributed by atoms with Crippen molar-refractivity contribution >= 4 is 0 Å². The maximum Gasteiger partial charge on any atom is 0.186 e. The number of methoxy groups -OCH3 is 1. The first-order valence-electron chi connectivity index (χ1n) is 9.38. The summed E-state index contributed by atoms with van der Waals surface area (Å²) in [5.74, 6) is 0. The van der Waals surface area contributed by atoms with Crippen LogP contribution in [0.5, 0.6) is 0 Å². The van der Waals surface area contributed by atoms with Gasteiger partial charge in [0.05, 0.1) is 21.2 Å². The van der Waals surface area contributed by atoms with Crippen LogP contribution in [0, 0.1) is 0 Å². The number of hydrogen-bond donors (Lipinski definition) is 2. The zero-order valence-electron chi connectivity index (χ0n) is 16.2. The summed E-state index contributed by atoms with van der Waals surface area (Å²) in [4.78, 5) is 0. The Kier molecular flexibility index (Phi) is 6.83. The standard InChI is InChI=1S/C21H26O6/c1-24-21-20(26-14-16-10-6-3-7-11-16)19(18(23)17(12-22)27-21)25-13-15-8-4-2-5-9-15/h2-11,17-23H,12-14H2,1H3/t17-,18-,19+,20-,21+/m1/s1/i18D. The summed E-state index contributed by atoms with van der Waals surface area (Å²) >= 11 is 0. The van der Waals surface area contributed by atoms with Crippen LogP contribution in [0.4, 0.5) is 0 Å². The summed E-state index contributed by atoms with van der Waals surface area (Å²) in [7, 11) is 1.44. The first-order chi connectivity index (χ1) is 13.6. The molecule has 146 valence electrons. The minimum absolute atomic E-state index is 0.173. The Morgan fingerprint density at radius 2 is 1.44 bits per heavy atom. The third kappa shape index (κ3) is 5.13. The molecule has 0 saturated carbocycles. The summed E-state index contributed by atoms with van der Waals surface area (Å²) in [6.07, 6.45) is -6.24. The van der Waals surface area contributed by atoms with Crippen LogP contribution >= 0.6 is 0 Å². The molecule has 0 bridgehead atoms. The summed E-state index contributed by atoms with van der Waals surface area (Å²) < 4.78 is 31.2. The summed E-state index contributed by atoms with van der Waals surface area (Å²) in [6.45, 7) is -0.136. The lowest BCUT2D eigenvalue weighted by Crippen LogP contribution is -2.60. The van der Waals surface area contributed by atoms with E-state index >= 15 is 0 Å². The van der Waals surface area contributed by atoms with Crippen molar-refractivity contribution in [2.45, 2.75) is 43.9 Å². The van der Waals surface area contributed by atoms with Gasteiger partial charge in [0.1, 0.15) is 24.4 Å². The monoisotopic (exact) mass is 375 g/mol. The third-order valence-corrected chi connectivity index (χ3v) is 4.44. The van der Waals surface area contributed by atoms with Crippen molar-refractivity contribution in [2.24, 2.45) is 0 Å². The lowest BCUT2D eigenvalue weighted by Gasteiger charge is -2.43. The number of aliphatic hydroxyl groups is 2. The Labute approximate surface area is 160 Å². The molecule has 0 amide bonds. The molecule has 3 rings (SSSR count). The lowest BCUT2D eigenvalue weighted by molar-refractivity contribution is -0.314. The maximum atomic E-state index is 10.8. The van der Waals surface area contributed by atoms with Gasteiger partial charge in [-0.05, 0) is 11.1 Å². The van der Waals surface area contributed by atoms with E-state index < -0.39 is 37.3 Å². The zero-order chi connectivity index (χ0) is 20.0. The van der Waals surface area contributed by atoms with E-state index in [0.717, 1.165) is 11.1 Å². The first kappa shape index (κ1) is 18.6. The highest BCUT2D eigenvalue weighted by Crippen LogP contribution is 2.28. The molecule has 6 nitrogen and oxygen atoms in total. The van der Waals surface area contributed by atoms with Gasteiger partial charge < -0.3 is 29.2 Å². The first-order valence-corrected chi connectivity index (χ1v) is 8.88. The van der Waals surface area contributed by atoms with Crippen molar-refractivity contribution < 1.29 is 30.5 Å². The molecule has 1 aliphatic heterocycles. The molecular weight excluding hydrogens is 348 g/mol. The van der Waals surface area contributed by atoms with Gasteiger partial charge >= 0.3 is 0 Å². The van der Waals surface area contributed by atoms with Gasteiger partial charge in [-0.3, -0.25) is 0 Å². The van der Waals surface area contributed by atoms with Crippen LogP contribution in [-0.2, 0) is 32.2 Å². The molecule has 1 fully saturated rings. The number of benzene rings is 2. The lowest BCUT2D eigenvalue weighted by atomic mass is 9.98. The topological polar surface area (TPSA) is 77.4 Å². The average molecular weight is 375 g/mol. The second-order valence-electron chi connectivity index (χ2n) is 6.31. The molecule has 1 heterocycles. The zero-order valence-corrected chi connectivity index (χ0v) is 15.2. The molecule has 0 spiro atoms. The fourth-order valence-electron chi connectivity index (χ4n) is 3.00. The maximum absolute atomic E-state index is 10.8. The third-order valence-electron chi connectivity index (χ3n) is 4.44. The van der Waals surface area contributed by atoms with Crippen LogP contribution in [-0.4, -0.2) is 54.6 Å². The van der Waals surface area contributed by atoms with Gasteiger partial charge in [-0.2, -0.15) is 0 Å². The molecule has 2 aromatic rings. The Bertz CT molecular complexity index is 711. The van der Waals surface area contributed by atoms with E-state index in [-0.39, 0.29) is 13.2 Å². The fourth-order valence-corrected chi connectivity index (χ4v) is 3.00. The molecule has 27 heavy (non-hydrogen) atoms. The highest BCUT2D eigenvalue weighted by molar-refractivity contribution is 5.14. The summed E-state index contributed by atoms with van der Waals surface area (Å²) in [5, 5.41) is 20.4. The molecule has 0 aromatic heterocycles. The van der Waals surface area contributed by atoms with Gasteiger partial charge in [0, 0.05) is 7.11 Å². The number of aliphatic hydroxyl groups excluding tert-OH is 1. The van der Waals surface area contributed by atoms with Gasteiger partial charge in [0.2, 0.25) is 0 Å². The molecule has 0 radical (unpaired) electrons. The van der Waals surface area contributed by atoms with E-state index in [9.17, 15) is 10.2 Å².